The number of imidazole rings is 1. The van der Waals surface area contributed by atoms with Crippen molar-refractivity contribution in [1.82, 2.24) is 18.7 Å². The first kappa shape index (κ1) is 29.7. The Hall–Kier alpha value is -5.38. The summed E-state index contributed by atoms with van der Waals surface area (Å²) in [6.07, 6.45) is -4.84. The first-order valence-electron chi connectivity index (χ1n) is 14.4. The average molecular weight is 611 g/mol. The maximum absolute atomic E-state index is 14.5. The molecule has 10 heteroatoms. The monoisotopic (exact) mass is 610 g/mol. The molecule has 0 aliphatic carbocycles. The van der Waals surface area contributed by atoms with Crippen LogP contribution in [0.15, 0.2) is 119 Å². The van der Waals surface area contributed by atoms with Crippen LogP contribution in [0.2, 0.25) is 0 Å². The standard InChI is InChI=1S/C35H29F3N4O3/c1-22(25-14-8-4-9-15-25)41-32-30(33(44)42(34(41)45)23(2)26-16-10-5-11-17-26)40(21-24-12-6-3-7-13-24)31(39-32)28-19-18-27(43)20-29(28)35(36,37)38/h3-20,22-23,43H,21H2,1-2H3. The average Bonchev–Trinajstić information content (AvgIpc) is 3.40. The zero-order valence-corrected chi connectivity index (χ0v) is 24.4. The van der Waals surface area contributed by atoms with E-state index in [9.17, 15) is 27.9 Å². The Morgan fingerprint density at radius 1 is 0.756 bits per heavy atom. The van der Waals surface area contributed by atoms with Gasteiger partial charge in [0.15, 0.2) is 11.2 Å². The lowest BCUT2D eigenvalue weighted by Gasteiger charge is -2.21. The van der Waals surface area contributed by atoms with Gasteiger partial charge in [-0.3, -0.25) is 13.9 Å². The van der Waals surface area contributed by atoms with Crippen LogP contribution >= 0.6 is 0 Å². The summed E-state index contributed by atoms with van der Waals surface area (Å²) >= 11 is 0. The van der Waals surface area contributed by atoms with Gasteiger partial charge in [0.1, 0.15) is 11.6 Å². The summed E-state index contributed by atoms with van der Waals surface area (Å²) in [5.74, 6) is -0.720. The van der Waals surface area contributed by atoms with E-state index in [1.54, 1.807) is 38.1 Å². The molecule has 2 aromatic heterocycles. The molecule has 228 valence electrons. The summed E-state index contributed by atoms with van der Waals surface area (Å²) in [6.45, 7) is 3.52. The van der Waals surface area contributed by atoms with E-state index in [1.807, 2.05) is 66.7 Å². The van der Waals surface area contributed by atoms with Gasteiger partial charge in [0.25, 0.3) is 5.56 Å². The van der Waals surface area contributed by atoms with Gasteiger partial charge in [0.2, 0.25) is 0 Å². The highest BCUT2D eigenvalue weighted by Gasteiger charge is 2.36. The van der Waals surface area contributed by atoms with Crippen molar-refractivity contribution in [3.8, 4) is 17.1 Å². The molecule has 6 aromatic rings. The van der Waals surface area contributed by atoms with E-state index in [4.69, 9.17) is 0 Å². The molecule has 0 aliphatic rings. The molecule has 2 unspecified atom stereocenters. The third-order valence-electron chi connectivity index (χ3n) is 8.08. The molecule has 2 heterocycles. The number of hydrogen-bond acceptors (Lipinski definition) is 4. The Morgan fingerprint density at radius 2 is 1.29 bits per heavy atom. The van der Waals surface area contributed by atoms with Crippen LogP contribution in [0.1, 0.15) is 48.2 Å². The van der Waals surface area contributed by atoms with Crippen molar-refractivity contribution in [3.63, 3.8) is 0 Å². The molecule has 6 rings (SSSR count). The number of aromatic nitrogens is 4. The molecule has 1 N–H and O–H groups in total. The third kappa shape index (κ3) is 5.43. The van der Waals surface area contributed by atoms with Gasteiger partial charge in [-0.25, -0.2) is 9.78 Å². The van der Waals surface area contributed by atoms with Gasteiger partial charge in [0, 0.05) is 12.1 Å². The fraction of sp³-hybridized carbons (Fsp3) is 0.171. The van der Waals surface area contributed by atoms with Crippen LogP contribution in [0.3, 0.4) is 0 Å². The Kier molecular flexibility index (Phi) is 7.66. The molecule has 0 aliphatic heterocycles. The van der Waals surface area contributed by atoms with Crippen LogP contribution in [0.5, 0.6) is 5.75 Å². The quantitative estimate of drug-likeness (QED) is 0.211. The molecule has 7 nitrogen and oxygen atoms in total. The summed E-state index contributed by atoms with van der Waals surface area (Å²) in [6, 6.07) is 28.8. The fourth-order valence-electron chi connectivity index (χ4n) is 5.77. The van der Waals surface area contributed by atoms with Gasteiger partial charge in [-0.05, 0) is 48.7 Å². The number of hydrogen-bond donors (Lipinski definition) is 1. The lowest BCUT2D eigenvalue weighted by Crippen LogP contribution is -2.43. The van der Waals surface area contributed by atoms with Gasteiger partial charge in [-0.2, -0.15) is 13.2 Å². The Bertz CT molecular complexity index is 2100. The molecular weight excluding hydrogens is 581 g/mol. The number of nitrogens with zero attached hydrogens (tertiary/aromatic N) is 4. The van der Waals surface area contributed by atoms with Crippen molar-refractivity contribution < 1.29 is 18.3 Å². The summed E-state index contributed by atoms with van der Waals surface area (Å²) in [7, 11) is 0. The second-order valence-electron chi connectivity index (χ2n) is 10.9. The third-order valence-corrected chi connectivity index (χ3v) is 8.08. The van der Waals surface area contributed by atoms with Gasteiger partial charge in [-0.15, -0.1) is 0 Å². The minimum Gasteiger partial charge on any atom is -0.508 e. The highest BCUT2D eigenvalue weighted by Crippen LogP contribution is 2.39. The van der Waals surface area contributed by atoms with Crippen LogP contribution in [0, 0.1) is 0 Å². The summed E-state index contributed by atoms with van der Waals surface area (Å²) in [5.41, 5.74) is -0.648. The topological polar surface area (TPSA) is 82.1 Å². The highest BCUT2D eigenvalue weighted by molar-refractivity contribution is 5.79. The zero-order chi connectivity index (χ0) is 31.9. The maximum Gasteiger partial charge on any atom is 0.417 e. The Morgan fingerprint density at radius 3 is 1.84 bits per heavy atom. The van der Waals surface area contributed by atoms with Crippen molar-refractivity contribution in [1.29, 1.82) is 0 Å². The molecule has 4 aromatic carbocycles. The molecule has 0 radical (unpaired) electrons. The second-order valence-corrected chi connectivity index (χ2v) is 10.9. The van der Waals surface area contributed by atoms with Gasteiger partial charge >= 0.3 is 11.9 Å². The van der Waals surface area contributed by atoms with Crippen molar-refractivity contribution >= 4 is 11.2 Å². The lowest BCUT2D eigenvalue weighted by molar-refractivity contribution is -0.137. The van der Waals surface area contributed by atoms with Crippen molar-refractivity contribution in [2.75, 3.05) is 0 Å². The van der Waals surface area contributed by atoms with E-state index in [0.717, 1.165) is 22.3 Å². The van der Waals surface area contributed by atoms with Crippen molar-refractivity contribution in [2.45, 2.75) is 38.7 Å². The zero-order valence-electron chi connectivity index (χ0n) is 24.4. The number of phenols is 1. The predicted molar refractivity (Wildman–Crippen MR) is 166 cm³/mol. The minimum absolute atomic E-state index is 0.00226. The largest absolute Gasteiger partial charge is 0.508 e. The summed E-state index contributed by atoms with van der Waals surface area (Å²) < 4.78 is 47.1. The lowest BCUT2D eigenvalue weighted by atomic mass is 10.1. The number of benzene rings is 4. The van der Waals surface area contributed by atoms with Crippen molar-refractivity contribution in [2.24, 2.45) is 0 Å². The van der Waals surface area contributed by atoms with E-state index in [-0.39, 0.29) is 29.1 Å². The van der Waals surface area contributed by atoms with Gasteiger partial charge < -0.3 is 9.67 Å². The van der Waals surface area contributed by atoms with Crippen LogP contribution < -0.4 is 11.2 Å². The van der Waals surface area contributed by atoms with Crippen LogP contribution in [-0.4, -0.2) is 23.8 Å². The number of fused-ring (bicyclic) bond motifs is 1. The van der Waals surface area contributed by atoms with Crippen LogP contribution in [0.4, 0.5) is 13.2 Å². The van der Waals surface area contributed by atoms with E-state index in [1.165, 1.54) is 9.13 Å². The second kappa shape index (κ2) is 11.6. The molecule has 2 atom stereocenters. The molecular formula is C35H29F3N4O3. The highest BCUT2D eigenvalue weighted by atomic mass is 19.4. The van der Waals surface area contributed by atoms with Gasteiger partial charge in [-0.1, -0.05) is 91.0 Å². The van der Waals surface area contributed by atoms with Crippen LogP contribution in [-0.2, 0) is 12.7 Å². The number of halogens is 3. The number of phenolic OH excluding ortho intramolecular Hbond substituents is 1. The Balaban J connectivity index is 1.76. The number of alkyl halides is 3. The Labute approximate surface area is 256 Å². The molecule has 0 spiro atoms. The first-order valence-corrected chi connectivity index (χ1v) is 14.4. The maximum atomic E-state index is 14.5. The predicted octanol–water partition coefficient (Wildman–Crippen LogP) is 7.02. The number of aromatic hydroxyl groups is 1. The molecule has 0 amide bonds. The SMILES string of the molecule is CC(c1ccccc1)n1c(=O)c2c(nc(-c3ccc(O)cc3C(F)(F)F)n2Cc2ccccc2)n(C(C)c2ccccc2)c1=O. The van der Waals surface area contributed by atoms with Crippen LogP contribution in [0.25, 0.3) is 22.6 Å². The minimum atomic E-state index is -4.84. The van der Waals surface area contributed by atoms with Gasteiger partial charge in [0.05, 0.1) is 17.6 Å². The first-order chi connectivity index (χ1) is 21.6. The number of rotatable bonds is 7. The molecule has 45 heavy (non-hydrogen) atoms. The normalized spacial score (nSPS) is 13.2. The van der Waals surface area contributed by atoms with E-state index in [2.05, 4.69) is 4.98 Å². The molecule has 0 bridgehead atoms. The summed E-state index contributed by atoms with van der Waals surface area (Å²) in [5, 5.41) is 10.00. The molecule has 0 saturated carbocycles. The van der Waals surface area contributed by atoms with E-state index >= 15 is 0 Å². The summed E-state index contributed by atoms with van der Waals surface area (Å²) in [4.78, 5) is 33.5. The molecule has 0 saturated heterocycles. The smallest absolute Gasteiger partial charge is 0.417 e. The van der Waals surface area contributed by atoms with E-state index < -0.39 is 40.8 Å². The van der Waals surface area contributed by atoms with Crippen molar-refractivity contribution in [3.05, 3.63) is 152 Å². The van der Waals surface area contributed by atoms with E-state index in [0.29, 0.717) is 17.2 Å². The fourth-order valence-corrected chi connectivity index (χ4v) is 5.77. The molecule has 0 fully saturated rings.